The standard InChI is InChI=1S/C16H17N7O2/c1-20-15-14(10-19-20)16(18-11-17-15)22-7-5-21(6-8-22)12-3-2-4-13(9-12)23(24)25/h2-4,9-11H,5-8H2,1H3. The molecule has 0 atom stereocenters. The Hall–Kier alpha value is -3.23. The van der Waals surface area contributed by atoms with Gasteiger partial charge in [0.1, 0.15) is 12.1 Å². The molecule has 9 heteroatoms. The van der Waals surface area contributed by atoms with Gasteiger partial charge in [-0.15, -0.1) is 0 Å². The molecule has 0 spiro atoms. The van der Waals surface area contributed by atoms with Crippen molar-refractivity contribution in [1.82, 2.24) is 19.7 Å². The molecule has 0 radical (unpaired) electrons. The van der Waals surface area contributed by atoms with E-state index in [9.17, 15) is 10.1 Å². The van der Waals surface area contributed by atoms with E-state index in [0.717, 1.165) is 48.7 Å². The summed E-state index contributed by atoms with van der Waals surface area (Å²) >= 11 is 0. The first-order valence-corrected chi connectivity index (χ1v) is 8.00. The molecule has 1 aromatic carbocycles. The van der Waals surface area contributed by atoms with Crippen molar-refractivity contribution in [1.29, 1.82) is 0 Å². The van der Waals surface area contributed by atoms with Crippen molar-refractivity contribution < 1.29 is 4.92 Å². The Morgan fingerprint density at radius 3 is 2.64 bits per heavy atom. The molecule has 3 heterocycles. The van der Waals surface area contributed by atoms with Crippen LogP contribution in [0.5, 0.6) is 0 Å². The number of non-ortho nitro benzene ring substituents is 1. The first-order valence-electron chi connectivity index (χ1n) is 8.00. The predicted molar refractivity (Wildman–Crippen MR) is 93.8 cm³/mol. The van der Waals surface area contributed by atoms with E-state index in [1.807, 2.05) is 13.1 Å². The molecule has 128 valence electrons. The monoisotopic (exact) mass is 339 g/mol. The Labute approximate surface area is 143 Å². The van der Waals surface area contributed by atoms with Crippen LogP contribution in [0.3, 0.4) is 0 Å². The lowest BCUT2D eigenvalue weighted by molar-refractivity contribution is -0.384. The summed E-state index contributed by atoms with van der Waals surface area (Å²) in [6.45, 7) is 3.10. The summed E-state index contributed by atoms with van der Waals surface area (Å²) < 4.78 is 1.74. The van der Waals surface area contributed by atoms with E-state index in [0.29, 0.717) is 0 Å². The Morgan fingerprint density at radius 2 is 1.88 bits per heavy atom. The molecule has 1 aliphatic heterocycles. The highest BCUT2D eigenvalue weighted by atomic mass is 16.6. The minimum absolute atomic E-state index is 0.118. The fourth-order valence-corrected chi connectivity index (χ4v) is 3.18. The number of hydrogen-bond donors (Lipinski definition) is 0. The van der Waals surface area contributed by atoms with Crippen molar-refractivity contribution in [2.24, 2.45) is 7.05 Å². The molecule has 1 aliphatic rings. The molecule has 0 bridgehead atoms. The van der Waals surface area contributed by atoms with Crippen LogP contribution in [0.25, 0.3) is 11.0 Å². The van der Waals surface area contributed by atoms with Gasteiger partial charge in [-0.3, -0.25) is 14.8 Å². The first-order chi connectivity index (χ1) is 12.1. The van der Waals surface area contributed by atoms with Gasteiger partial charge in [0.05, 0.1) is 16.5 Å². The quantitative estimate of drug-likeness (QED) is 0.528. The van der Waals surface area contributed by atoms with Gasteiger partial charge in [0, 0.05) is 51.0 Å². The van der Waals surface area contributed by atoms with E-state index >= 15 is 0 Å². The third-order valence-corrected chi connectivity index (χ3v) is 4.49. The summed E-state index contributed by atoms with van der Waals surface area (Å²) in [5.74, 6) is 0.886. The van der Waals surface area contributed by atoms with Crippen LogP contribution in [-0.4, -0.2) is 50.9 Å². The Balaban J connectivity index is 1.53. The lowest BCUT2D eigenvalue weighted by atomic mass is 10.2. The van der Waals surface area contributed by atoms with Crippen molar-refractivity contribution in [2.45, 2.75) is 0 Å². The average molecular weight is 339 g/mol. The zero-order valence-corrected chi connectivity index (χ0v) is 13.7. The molecule has 2 aromatic heterocycles. The Bertz CT molecular complexity index is 931. The molecule has 1 saturated heterocycles. The van der Waals surface area contributed by atoms with Crippen molar-refractivity contribution in [2.75, 3.05) is 36.0 Å². The molecular formula is C16H17N7O2. The van der Waals surface area contributed by atoms with Gasteiger partial charge in [0.2, 0.25) is 0 Å². The molecule has 1 fully saturated rings. The fraction of sp³-hybridized carbons (Fsp3) is 0.312. The van der Waals surface area contributed by atoms with Crippen LogP contribution < -0.4 is 9.80 Å². The van der Waals surface area contributed by atoms with Gasteiger partial charge >= 0.3 is 0 Å². The van der Waals surface area contributed by atoms with E-state index in [1.54, 1.807) is 29.3 Å². The van der Waals surface area contributed by atoms with Crippen LogP contribution in [0, 0.1) is 10.1 Å². The van der Waals surface area contributed by atoms with Gasteiger partial charge in [-0.05, 0) is 6.07 Å². The van der Waals surface area contributed by atoms with Crippen LogP contribution >= 0.6 is 0 Å². The minimum atomic E-state index is -0.361. The van der Waals surface area contributed by atoms with E-state index in [2.05, 4.69) is 24.9 Å². The number of nitro groups is 1. The van der Waals surface area contributed by atoms with Gasteiger partial charge in [0.15, 0.2) is 5.65 Å². The summed E-state index contributed by atoms with van der Waals surface area (Å²) in [6, 6.07) is 6.77. The third-order valence-electron chi connectivity index (χ3n) is 4.49. The van der Waals surface area contributed by atoms with Crippen LogP contribution in [0.4, 0.5) is 17.2 Å². The molecule has 0 saturated carbocycles. The normalized spacial score (nSPS) is 14.9. The van der Waals surface area contributed by atoms with Gasteiger partial charge < -0.3 is 9.80 Å². The maximum Gasteiger partial charge on any atom is 0.271 e. The average Bonchev–Trinajstić information content (AvgIpc) is 3.03. The van der Waals surface area contributed by atoms with Crippen LogP contribution in [-0.2, 0) is 7.05 Å². The largest absolute Gasteiger partial charge is 0.368 e. The van der Waals surface area contributed by atoms with E-state index in [4.69, 9.17) is 0 Å². The second-order valence-corrected chi connectivity index (χ2v) is 5.95. The molecule has 25 heavy (non-hydrogen) atoms. The van der Waals surface area contributed by atoms with Crippen molar-refractivity contribution in [3.05, 3.63) is 46.9 Å². The van der Waals surface area contributed by atoms with Gasteiger partial charge in [-0.25, -0.2) is 9.97 Å². The topological polar surface area (TPSA) is 93.2 Å². The second-order valence-electron chi connectivity index (χ2n) is 5.95. The van der Waals surface area contributed by atoms with Gasteiger partial charge in [-0.1, -0.05) is 6.07 Å². The smallest absolute Gasteiger partial charge is 0.271 e. The maximum absolute atomic E-state index is 11.0. The zero-order chi connectivity index (χ0) is 17.4. The Kier molecular flexibility index (Phi) is 3.68. The van der Waals surface area contributed by atoms with Crippen molar-refractivity contribution in [3.8, 4) is 0 Å². The summed E-state index contributed by atoms with van der Waals surface area (Å²) in [5.41, 5.74) is 1.81. The number of nitrogens with zero attached hydrogens (tertiary/aromatic N) is 7. The van der Waals surface area contributed by atoms with Gasteiger partial charge in [-0.2, -0.15) is 5.10 Å². The summed E-state index contributed by atoms with van der Waals surface area (Å²) in [6.07, 6.45) is 3.35. The van der Waals surface area contributed by atoms with Crippen molar-refractivity contribution >= 4 is 28.2 Å². The SMILES string of the molecule is Cn1ncc2c(N3CCN(c4cccc([N+](=O)[O-])c4)CC3)ncnc21. The van der Waals surface area contributed by atoms with E-state index in [1.165, 1.54) is 6.07 Å². The van der Waals surface area contributed by atoms with Crippen molar-refractivity contribution in [3.63, 3.8) is 0 Å². The number of aryl methyl sites for hydroxylation is 1. The highest BCUT2D eigenvalue weighted by Crippen LogP contribution is 2.26. The van der Waals surface area contributed by atoms with Gasteiger partial charge in [0.25, 0.3) is 5.69 Å². The van der Waals surface area contributed by atoms with E-state index in [-0.39, 0.29) is 10.6 Å². The number of anilines is 2. The lowest BCUT2D eigenvalue weighted by Crippen LogP contribution is -2.46. The highest BCUT2D eigenvalue weighted by Gasteiger charge is 2.22. The molecular weight excluding hydrogens is 322 g/mol. The fourth-order valence-electron chi connectivity index (χ4n) is 3.18. The van der Waals surface area contributed by atoms with Crippen LogP contribution in [0.15, 0.2) is 36.8 Å². The van der Waals surface area contributed by atoms with Crippen LogP contribution in [0.2, 0.25) is 0 Å². The number of hydrogen-bond acceptors (Lipinski definition) is 7. The maximum atomic E-state index is 11.0. The summed E-state index contributed by atoms with van der Waals surface area (Å²) in [5, 5.41) is 16.1. The Morgan fingerprint density at radius 1 is 1.12 bits per heavy atom. The van der Waals surface area contributed by atoms with Crippen LogP contribution in [0.1, 0.15) is 0 Å². The molecule has 0 N–H and O–H groups in total. The molecule has 3 aromatic rings. The number of benzene rings is 1. The number of nitro benzene ring substituents is 1. The van der Waals surface area contributed by atoms with E-state index < -0.39 is 0 Å². The molecule has 9 nitrogen and oxygen atoms in total. The number of aromatic nitrogens is 4. The number of piperazine rings is 1. The first kappa shape index (κ1) is 15.3. The summed E-state index contributed by atoms with van der Waals surface area (Å²) in [7, 11) is 1.86. The number of fused-ring (bicyclic) bond motifs is 1. The highest BCUT2D eigenvalue weighted by molar-refractivity contribution is 5.86. The molecule has 0 aliphatic carbocycles. The zero-order valence-electron chi connectivity index (χ0n) is 13.7. The lowest BCUT2D eigenvalue weighted by Gasteiger charge is -2.36. The predicted octanol–water partition coefficient (Wildman–Crippen LogP) is 1.60. The number of rotatable bonds is 3. The molecule has 4 rings (SSSR count). The molecule has 0 unspecified atom stereocenters. The minimum Gasteiger partial charge on any atom is -0.368 e. The summed E-state index contributed by atoms with van der Waals surface area (Å²) in [4.78, 5) is 23.7. The second kappa shape index (κ2) is 6.00. The molecule has 0 amide bonds. The third kappa shape index (κ3) is 2.73.